The lowest BCUT2D eigenvalue weighted by atomic mass is 10.1. The highest BCUT2D eigenvalue weighted by atomic mass is 79.9. The molecule has 2 aromatic carbocycles. The molecule has 0 fully saturated rings. The summed E-state index contributed by atoms with van der Waals surface area (Å²) < 4.78 is 1.01. The molecule has 0 amide bonds. The molecule has 19 heavy (non-hydrogen) atoms. The fourth-order valence-electron chi connectivity index (χ4n) is 1.62. The summed E-state index contributed by atoms with van der Waals surface area (Å²) in [6.45, 7) is 0.580. The van der Waals surface area contributed by atoms with Gasteiger partial charge in [0.1, 0.15) is 11.3 Å². The van der Waals surface area contributed by atoms with E-state index in [0.29, 0.717) is 12.2 Å². The maximum absolute atomic E-state index is 10.9. The summed E-state index contributed by atoms with van der Waals surface area (Å²) in [5.74, 6) is -1.38. The normalized spacial score (nSPS) is 10.2. The smallest absolute Gasteiger partial charge is 0.339 e. The van der Waals surface area contributed by atoms with Crippen LogP contribution < -0.4 is 5.32 Å². The summed E-state index contributed by atoms with van der Waals surface area (Å²) in [7, 11) is 0. The minimum atomic E-state index is -1.15. The van der Waals surface area contributed by atoms with Crippen LogP contribution >= 0.6 is 15.9 Å². The van der Waals surface area contributed by atoms with Crippen molar-refractivity contribution in [2.24, 2.45) is 0 Å². The van der Waals surface area contributed by atoms with Crippen molar-refractivity contribution in [1.82, 2.24) is 0 Å². The van der Waals surface area contributed by atoms with Crippen LogP contribution in [-0.4, -0.2) is 16.2 Å². The fraction of sp³-hybridized carbons (Fsp3) is 0.0714. The predicted molar refractivity (Wildman–Crippen MR) is 76.5 cm³/mol. The number of aromatic carboxylic acids is 1. The van der Waals surface area contributed by atoms with E-state index in [0.717, 1.165) is 10.0 Å². The first-order valence-corrected chi connectivity index (χ1v) is 6.40. The van der Waals surface area contributed by atoms with E-state index in [1.807, 2.05) is 24.3 Å². The van der Waals surface area contributed by atoms with Crippen LogP contribution in [0.5, 0.6) is 5.75 Å². The molecule has 4 nitrogen and oxygen atoms in total. The SMILES string of the molecule is O=C(O)c1cc(NCc2ccc(Br)cc2)ccc1O. The van der Waals surface area contributed by atoms with Gasteiger partial charge in [0.2, 0.25) is 0 Å². The molecule has 0 saturated heterocycles. The largest absolute Gasteiger partial charge is 0.507 e. The van der Waals surface area contributed by atoms with Crippen molar-refractivity contribution in [1.29, 1.82) is 0 Å². The van der Waals surface area contributed by atoms with Gasteiger partial charge in [0.05, 0.1) is 0 Å². The van der Waals surface area contributed by atoms with Gasteiger partial charge in [-0.2, -0.15) is 0 Å². The van der Waals surface area contributed by atoms with Crippen molar-refractivity contribution in [3.05, 3.63) is 58.1 Å². The molecule has 0 saturated carbocycles. The number of benzene rings is 2. The minimum Gasteiger partial charge on any atom is -0.507 e. The summed E-state index contributed by atoms with van der Waals surface area (Å²) in [6, 6.07) is 12.2. The van der Waals surface area contributed by atoms with Crippen molar-refractivity contribution in [3.8, 4) is 5.75 Å². The molecule has 0 spiro atoms. The van der Waals surface area contributed by atoms with Gasteiger partial charge >= 0.3 is 5.97 Å². The quantitative estimate of drug-likeness (QED) is 0.754. The molecule has 0 aliphatic carbocycles. The Hall–Kier alpha value is -2.01. The van der Waals surface area contributed by atoms with Crippen LogP contribution in [0.1, 0.15) is 15.9 Å². The molecule has 2 rings (SSSR count). The van der Waals surface area contributed by atoms with Crippen LogP contribution in [0.3, 0.4) is 0 Å². The lowest BCUT2D eigenvalue weighted by Gasteiger charge is -2.08. The second-order valence-corrected chi connectivity index (χ2v) is 4.93. The highest BCUT2D eigenvalue weighted by Crippen LogP contribution is 2.22. The summed E-state index contributed by atoms with van der Waals surface area (Å²) in [5.41, 5.74) is 1.62. The van der Waals surface area contributed by atoms with Crippen LogP contribution in [0.15, 0.2) is 46.9 Å². The van der Waals surface area contributed by atoms with Gasteiger partial charge in [-0.1, -0.05) is 28.1 Å². The molecule has 0 heterocycles. The molecule has 0 atom stereocenters. The average Bonchev–Trinajstić information content (AvgIpc) is 2.39. The zero-order chi connectivity index (χ0) is 13.8. The Morgan fingerprint density at radius 2 is 1.84 bits per heavy atom. The first-order valence-electron chi connectivity index (χ1n) is 5.61. The lowest BCUT2D eigenvalue weighted by Crippen LogP contribution is -2.02. The lowest BCUT2D eigenvalue weighted by molar-refractivity contribution is 0.0694. The molecule has 0 aliphatic rings. The number of aromatic hydroxyl groups is 1. The van der Waals surface area contributed by atoms with E-state index in [2.05, 4.69) is 21.2 Å². The Morgan fingerprint density at radius 3 is 2.47 bits per heavy atom. The monoisotopic (exact) mass is 321 g/mol. The molecule has 0 unspecified atom stereocenters. The Bertz CT molecular complexity index is 596. The summed E-state index contributed by atoms with van der Waals surface area (Å²) in [4.78, 5) is 10.9. The molecule has 98 valence electrons. The molecule has 0 aliphatic heterocycles. The van der Waals surface area contributed by atoms with Gasteiger partial charge in [-0.15, -0.1) is 0 Å². The van der Waals surface area contributed by atoms with Gasteiger partial charge in [-0.25, -0.2) is 4.79 Å². The van der Waals surface area contributed by atoms with Gasteiger partial charge in [-0.3, -0.25) is 0 Å². The van der Waals surface area contributed by atoms with Crippen molar-refractivity contribution >= 4 is 27.6 Å². The van der Waals surface area contributed by atoms with Gasteiger partial charge in [0, 0.05) is 16.7 Å². The van der Waals surface area contributed by atoms with Crippen LogP contribution in [-0.2, 0) is 6.54 Å². The van der Waals surface area contributed by atoms with Crippen molar-refractivity contribution in [2.45, 2.75) is 6.54 Å². The fourth-order valence-corrected chi connectivity index (χ4v) is 1.89. The Labute approximate surface area is 118 Å². The van der Waals surface area contributed by atoms with E-state index in [-0.39, 0.29) is 11.3 Å². The molecule has 0 bridgehead atoms. The number of nitrogens with one attached hydrogen (secondary N) is 1. The number of hydrogen-bond acceptors (Lipinski definition) is 3. The zero-order valence-corrected chi connectivity index (χ0v) is 11.5. The van der Waals surface area contributed by atoms with E-state index < -0.39 is 5.97 Å². The molecular formula is C14H12BrNO3. The number of anilines is 1. The third kappa shape index (κ3) is 3.48. The third-order valence-corrected chi connectivity index (χ3v) is 3.17. The van der Waals surface area contributed by atoms with Crippen LogP contribution in [0.2, 0.25) is 0 Å². The third-order valence-electron chi connectivity index (χ3n) is 2.64. The molecule has 3 N–H and O–H groups in total. The molecular weight excluding hydrogens is 310 g/mol. The maximum Gasteiger partial charge on any atom is 0.339 e. The van der Waals surface area contributed by atoms with Crippen molar-refractivity contribution in [3.63, 3.8) is 0 Å². The van der Waals surface area contributed by atoms with Gasteiger partial charge < -0.3 is 15.5 Å². The van der Waals surface area contributed by atoms with E-state index in [4.69, 9.17) is 5.11 Å². The number of halogens is 1. The molecule has 0 radical (unpaired) electrons. The predicted octanol–water partition coefficient (Wildman–Crippen LogP) is 3.47. The Balaban J connectivity index is 2.09. The second kappa shape index (κ2) is 5.75. The van der Waals surface area contributed by atoms with Crippen LogP contribution in [0, 0.1) is 0 Å². The van der Waals surface area contributed by atoms with Gasteiger partial charge in [-0.05, 0) is 35.9 Å². The summed E-state index contributed by atoms with van der Waals surface area (Å²) in [5, 5.41) is 21.4. The molecule has 0 aromatic heterocycles. The average molecular weight is 322 g/mol. The molecule has 5 heteroatoms. The topological polar surface area (TPSA) is 69.6 Å². The maximum atomic E-state index is 10.9. The van der Waals surface area contributed by atoms with E-state index in [9.17, 15) is 9.90 Å². The van der Waals surface area contributed by atoms with Crippen molar-refractivity contribution < 1.29 is 15.0 Å². The van der Waals surface area contributed by atoms with Crippen molar-refractivity contribution in [2.75, 3.05) is 5.32 Å². The molecule has 2 aromatic rings. The van der Waals surface area contributed by atoms with E-state index in [1.54, 1.807) is 6.07 Å². The number of hydrogen-bond donors (Lipinski definition) is 3. The number of rotatable bonds is 4. The Kier molecular flexibility index (Phi) is 4.06. The Morgan fingerprint density at radius 1 is 1.16 bits per heavy atom. The van der Waals surface area contributed by atoms with Gasteiger partial charge in [0.25, 0.3) is 0 Å². The minimum absolute atomic E-state index is 0.110. The number of carboxylic acid groups (broad SMARTS) is 1. The summed E-state index contributed by atoms with van der Waals surface area (Å²) >= 11 is 3.36. The second-order valence-electron chi connectivity index (χ2n) is 4.02. The number of phenols is 1. The van der Waals surface area contributed by atoms with E-state index in [1.165, 1.54) is 12.1 Å². The van der Waals surface area contributed by atoms with Crippen LogP contribution in [0.25, 0.3) is 0 Å². The first-order chi connectivity index (χ1) is 9.06. The van der Waals surface area contributed by atoms with Crippen LogP contribution in [0.4, 0.5) is 5.69 Å². The summed E-state index contributed by atoms with van der Waals surface area (Å²) in [6.07, 6.45) is 0. The standard InChI is InChI=1S/C14H12BrNO3/c15-10-3-1-9(2-4-10)8-16-11-5-6-13(17)12(7-11)14(18)19/h1-7,16-17H,8H2,(H,18,19). The number of carboxylic acids is 1. The van der Waals surface area contributed by atoms with E-state index >= 15 is 0 Å². The first kappa shape index (κ1) is 13.4. The van der Waals surface area contributed by atoms with Gasteiger partial charge in [0.15, 0.2) is 0 Å². The highest BCUT2D eigenvalue weighted by molar-refractivity contribution is 9.10. The number of carbonyl (C=O) groups is 1. The highest BCUT2D eigenvalue weighted by Gasteiger charge is 2.09. The zero-order valence-electron chi connectivity index (χ0n) is 9.93.